The number of nitrogens with one attached hydrogen (secondary N) is 2. The number of anilines is 1. The summed E-state index contributed by atoms with van der Waals surface area (Å²) in [4.78, 5) is 33.1. The van der Waals surface area contributed by atoms with Crippen LogP contribution in [0.3, 0.4) is 0 Å². The number of amides is 1. The van der Waals surface area contributed by atoms with Crippen molar-refractivity contribution in [1.29, 1.82) is 0 Å². The van der Waals surface area contributed by atoms with Crippen molar-refractivity contribution in [3.05, 3.63) is 76.0 Å². The number of likely N-dealkylation sites (N-methyl/N-ethyl adjacent to an activating group) is 1. The van der Waals surface area contributed by atoms with Gasteiger partial charge in [0.25, 0.3) is 21.7 Å². The van der Waals surface area contributed by atoms with E-state index in [4.69, 9.17) is 10.5 Å². The number of rotatable bonds is 5. The number of H-pyrrole nitrogens is 1. The number of nitrogens with two attached hydrogens (primary N) is 1. The monoisotopic (exact) mass is 591 g/mol. The summed E-state index contributed by atoms with van der Waals surface area (Å²) in [5, 5.41) is 14.9. The normalized spacial score (nSPS) is 28.6. The number of piperazine rings is 1. The first-order valence-electron chi connectivity index (χ1n) is 14.1. The number of fused-ring (bicyclic) bond motifs is 5. The molecule has 4 atom stereocenters. The van der Waals surface area contributed by atoms with Crippen LogP contribution in [-0.2, 0) is 21.3 Å². The fourth-order valence-electron chi connectivity index (χ4n) is 6.71. The zero-order valence-electron chi connectivity index (χ0n) is 23.6. The van der Waals surface area contributed by atoms with E-state index in [-0.39, 0.29) is 27.5 Å². The lowest BCUT2D eigenvalue weighted by molar-refractivity contribution is -0.169. The highest BCUT2D eigenvalue weighted by atomic mass is 32.2. The first-order chi connectivity index (χ1) is 19.9. The van der Waals surface area contributed by atoms with Gasteiger partial charge in [0.05, 0.1) is 5.56 Å². The number of aliphatic hydroxyl groups is 1. The van der Waals surface area contributed by atoms with E-state index in [9.17, 15) is 23.1 Å². The fourth-order valence-corrected chi connectivity index (χ4v) is 8.18. The maximum absolute atomic E-state index is 14.3. The van der Waals surface area contributed by atoms with Crippen molar-refractivity contribution in [2.24, 2.45) is 5.92 Å². The molecule has 2 aromatic carbocycles. The summed E-state index contributed by atoms with van der Waals surface area (Å²) >= 11 is 0. The van der Waals surface area contributed by atoms with Gasteiger partial charge in [-0.05, 0) is 61.6 Å². The number of nitrogens with zero attached hydrogens (tertiary/aromatic N) is 2. The number of aromatic amines is 1. The molecule has 220 valence electrons. The van der Waals surface area contributed by atoms with E-state index >= 15 is 0 Å². The molecule has 11 nitrogen and oxygen atoms in total. The summed E-state index contributed by atoms with van der Waals surface area (Å²) in [5.74, 6) is -2.45. The molecule has 5 N–H and O–H groups in total. The van der Waals surface area contributed by atoms with Crippen molar-refractivity contribution in [3.8, 4) is 5.75 Å². The highest BCUT2D eigenvalue weighted by molar-refractivity contribution is 7.89. The third-order valence-electron chi connectivity index (χ3n) is 9.34. The van der Waals surface area contributed by atoms with E-state index in [1.54, 1.807) is 31.2 Å². The van der Waals surface area contributed by atoms with Gasteiger partial charge in [0.1, 0.15) is 16.5 Å². The van der Waals surface area contributed by atoms with Crippen LogP contribution >= 0.6 is 0 Å². The van der Waals surface area contributed by atoms with E-state index in [0.717, 1.165) is 12.0 Å². The van der Waals surface area contributed by atoms with Gasteiger partial charge in [-0.3, -0.25) is 9.59 Å². The number of aromatic nitrogens is 1. The molecule has 12 heteroatoms. The zero-order chi connectivity index (χ0) is 29.8. The second-order valence-electron chi connectivity index (χ2n) is 12.0. The van der Waals surface area contributed by atoms with E-state index in [1.807, 2.05) is 24.1 Å². The Hall–Kier alpha value is -3.71. The third-order valence-corrected chi connectivity index (χ3v) is 11.2. The molecule has 2 aliphatic carbocycles. The van der Waals surface area contributed by atoms with Crippen molar-refractivity contribution in [3.63, 3.8) is 0 Å². The maximum Gasteiger partial charge on any atom is 0.271 e. The maximum atomic E-state index is 14.3. The summed E-state index contributed by atoms with van der Waals surface area (Å²) < 4.78 is 34.4. The molecule has 2 aliphatic heterocycles. The Morgan fingerprint density at radius 3 is 2.55 bits per heavy atom. The zero-order valence-corrected chi connectivity index (χ0v) is 24.4. The van der Waals surface area contributed by atoms with Crippen LogP contribution in [0.1, 0.15) is 62.4 Å². The number of sulfonamides is 1. The van der Waals surface area contributed by atoms with Crippen LogP contribution in [-0.4, -0.2) is 72.6 Å². The summed E-state index contributed by atoms with van der Waals surface area (Å²) in [6.07, 6.45) is 1.04. The van der Waals surface area contributed by atoms with E-state index in [1.165, 1.54) is 10.4 Å². The lowest BCUT2D eigenvalue weighted by Gasteiger charge is -2.34. The van der Waals surface area contributed by atoms with Crippen molar-refractivity contribution < 1.29 is 27.9 Å². The fraction of sp³-hybridized carbons (Fsp3) is 0.400. The Kier molecular flexibility index (Phi) is 5.75. The number of benzene rings is 2. The summed E-state index contributed by atoms with van der Waals surface area (Å²) in [5.41, 5.74) is 6.24. The minimum Gasteiger partial charge on any atom is -0.454 e. The van der Waals surface area contributed by atoms with E-state index < -0.39 is 33.0 Å². The van der Waals surface area contributed by atoms with Crippen LogP contribution in [0.5, 0.6) is 5.75 Å². The highest BCUT2D eigenvalue weighted by Crippen LogP contribution is 2.60. The smallest absolute Gasteiger partial charge is 0.271 e. The molecule has 0 spiro atoms. The number of nitrogen functional groups attached to an aromatic ring is 1. The van der Waals surface area contributed by atoms with Crippen LogP contribution < -0.4 is 15.8 Å². The summed E-state index contributed by atoms with van der Waals surface area (Å²) in [6, 6.07) is 11.6. The second kappa shape index (κ2) is 8.90. The first-order valence-corrected chi connectivity index (χ1v) is 15.5. The lowest BCUT2D eigenvalue weighted by atomic mass is 9.82. The molecule has 0 bridgehead atoms. The molecule has 7 rings (SSSR count). The molecular formula is C30H33N5O6S. The number of ketones is 1. The molecule has 1 amide bonds. The molecule has 0 radical (unpaired) electrons. The lowest BCUT2D eigenvalue weighted by Crippen LogP contribution is -2.60. The van der Waals surface area contributed by atoms with Gasteiger partial charge in [0, 0.05) is 43.0 Å². The van der Waals surface area contributed by atoms with Gasteiger partial charge in [-0.2, -0.15) is 4.31 Å². The van der Waals surface area contributed by atoms with Crippen LogP contribution in [0, 0.1) is 12.8 Å². The molecule has 3 heterocycles. The quantitative estimate of drug-likeness (QED) is 0.328. The van der Waals surface area contributed by atoms with Gasteiger partial charge in [0.15, 0.2) is 0 Å². The van der Waals surface area contributed by atoms with Gasteiger partial charge in [-0.25, -0.2) is 8.42 Å². The Balaban J connectivity index is 1.30. The van der Waals surface area contributed by atoms with Crippen molar-refractivity contribution in [2.75, 3.05) is 39.0 Å². The van der Waals surface area contributed by atoms with Crippen molar-refractivity contribution >= 4 is 27.4 Å². The molecule has 42 heavy (non-hydrogen) atoms. The van der Waals surface area contributed by atoms with Crippen LogP contribution in [0.25, 0.3) is 0 Å². The number of Topliss-reactive ketones (excluding diaryl/α,β-unsaturated/α-hetero) is 1. The molecular weight excluding hydrogens is 558 g/mol. The molecule has 2 fully saturated rings. The van der Waals surface area contributed by atoms with Gasteiger partial charge >= 0.3 is 0 Å². The van der Waals surface area contributed by atoms with Crippen LogP contribution in [0.4, 0.5) is 5.69 Å². The van der Waals surface area contributed by atoms with Gasteiger partial charge in [-0.15, -0.1) is 0 Å². The van der Waals surface area contributed by atoms with Crippen LogP contribution in [0.2, 0.25) is 0 Å². The number of ether oxygens (including phenoxy) is 1. The molecule has 1 saturated carbocycles. The van der Waals surface area contributed by atoms with E-state index in [0.29, 0.717) is 54.9 Å². The average molecular weight is 592 g/mol. The molecule has 4 aliphatic rings. The van der Waals surface area contributed by atoms with Gasteiger partial charge in [0.2, 0.25) is 11.3 Å². The number of carbonyl (C=O) groups is 2. The molecule has 3 aromatic rings. The van der Waals surface area contributed by atoms with Crippen molar-refractivity contribution in [1.82, 2.24) is 19.5 Å². The third kappa shape index (κ3) is 3.58. The van der Waals surface area contributed by atoms with Gasteiger partial charge < -0.3 is 30.8 Å². The number of hydrogen-bond acceptors (Lipinski definition) is 8. The highest BCUT2D eigenvalue weighted by Gasteiger charge is 2.72. The Morgan fingerprint density at radius 2 is 1.86 bits per heavy atom. The van der Waals surface area contributed by atoms with E-state index in [2.05, 4.69) is 17.2 Å². The predicted molar refractivity (Wildman–Crippen MR) is 154 cm³/mol. The Bertz CT molecular complexity index is 1780. The SMILES string of the molecule is Cc1cc(S(=O)(=O)N2CCN(C)CC2)[nH]c1C(=O)NC12C(=O)c3c(N)cccc3[C@@]1(O)Oc1cc(C3C[C@@H]3C)ccc12. The van der Waals surface area contributed by atoms with Gasteiger partial charge in [-0.1, -0.05) is 31.2 Å². The largest absolute Gasteiger partial charge is 0.454 e. The minimum absolute atomic E-state index is 0.0342. The first kappa shape index (κ1) is 27.1. The summed E-state index contributed by atoms with van der Waals surface area (Å²) in [7, 11) is -1.96. The molecule has 2 unspecified atom stereocenters. The topological polar surface area (TPSA) is 158 Å². The molecule has 1 saturated heterocycles. The standard InChI is InChI=1S/C30H33N5O6S/c1-16-13-19(16)18-7-8-20-23(15-18)41-30(38)21-5-4-6-22(31)25(21)27(36)29(20,30)33-28(37)26-17(2)14-24(32-26)42(39,40)35-11-9-34(3)10-12-35/h4-8,14-16,19,32,38H,9-13,31H2,1-3H3,(H,33,37)/t16-,19?,29?,30+/m0/s1. The number of hydrogen-bond donors (Lipinski definition) is 4. The van der Waals surface area contributed by atoms with Crippen molar-refractivity contribution in [2.45, 2.75) is 42.5 Å². The minimum atomic E-state index is -3.89. The van der Waals surface area contributed by atoms with Crippen LogP contribution in [0.15, 0.2) is 47.5 Å². The average Bonchev–Trinajstić information content (AvgIpc) is 3.38. The number of aryl methyl sites for hydroxylation is 1. The Morgan fingerprint density at radius 1 is 1.14 bits per heavy atom. The summed E-state index contributed by atoms with van der Waals surface area (Å²) in [6.45, 7) is 5.63. The Labute approximate surface area is 243 Å². The molecule has 1 aromatic heterocycles. The predicted octanol–water partition coefficient (Wildman–Crippen LogP) is 2.02. The second-order valence-corrected chi connectivity index (χ2v) is 13.9. The number of carbonyl (C=O) groups excluding carboxylic acids is 2.